The van der Waals surface area contributed by atoms with Gasteiger partial charge in [-0.2, -0.15) is 13.2 Å². The van der Waals surface area contributed by atoms with Gasteiger partial charge in [-0.15, -0.1) is 0 Å². The molecule has 0 N–H and O–H groups in total. The molecule has 35 heavy (non-hydrogen) atoms. The summed E-state index contributed by atoms with van der Waals surface area (Å²) in [6.45, 7) is 2.94. The van der Waals surface area contributed by atoms with Gasteiger partial charge in [0.05, 0.1) is 35.1 Å². The molecule has 2 aromatic carbocycles. The summed E-state index contributed by atoms with van der Waals surface area (Å²) in [5.41, 5.74) is 1.06. The Morgan fingerprint density at radius 2 is 1.71 bits per heavy atom. The Balaban J connectivity index is 1.55. The monoisotopic (exact) mass is 502 g/mol. The molecule has 0 aliphatic carbocycles. The lowest BCUT2D eigenvalue weighted by molar-refractivity contribution is -0.137. The third-order valence-electron chi connectivity index (χ3n) is 6.03. The molecule has 182 valence electrons. The molecule has 0 amide bonds. The first-order valence-electron chi connectivity index (χ1n) is 10.8. The van der Waals surface area contributed by atoms with E-state index in [-0.39, 0.29) is 17.1 Å². The summed E-state index contributed by atoms with van der Waals surface area (Å²) in [5.74, 6) is 0.487. The van der Waals surface area contributed by atoms with E-state index in [9.17, 15) is 21.6 Å². The maximum atomic E-state index is 13.3. The predicted octanol–water partition coefficient (Wildman–Crippen LogP) is 4.57. The van der Waals surface area contributed by atoms with Crippen LogP contribution in [-0.4, -0.2) is 42.1 Å². The first-order valence-corrected chi connectivity index (χ1v) is 12.3. The highest BCUT2D eigenvalue weighted by atomic mass is 32.2. The Kier molecular flexibility index (Phi) is 5.76. The fraction of sp³-hybridized carbons (Fsp3) is 0.250. The van der Waals surface area contributed by atoms with Crippen LogP contribution in [-0.2, 0) is 20.9 Å². The van der Waals surface area contributed by atoms with Gasteiger partial charge < -0.3 is 9.64 Å². The Morgan fingerprint density at radius 3 is 2.40 bits per heavy atom. The summed E-state index contributed by atoms with van der Waals surface area (Å²) in [6, 6.07) is 12.7. The number of aromatic nitrogens is 3. The fourth-order valence-electron chi connectivity index (χ4n) is 4.19. The van der Waals surface area contributed by atoms with E-state index in [1.54, 1.807) is 30.3 Å². The molecule has 0 spiro atoms. The van der Waals surface area contributed by atoms with Crippen molar-refractivity contribution in [2.75, 3.05) is 24.7 Å². The van der Waals surface area contributed by atoms with Crippen molar-refractivity contribution in [3.05, 3.63) is 83.8 Å². The van der Waals surface area contributed by atoms with Crippen LogP contribution in [0.1, 0.15) is 22.7 Å². The largest absolute Gasteiger partial charge is 0.416 e. The van der Waals surface area contributed by atoms with E-state index in [4.69, 9.17) is 4.74 Å². The first kappa shape index (κ1) is 23.3. The van der Waals surface area contributed by atoms with Crippen LogP contribution in [0.3, 0.4) is 0 Å². The molecule has 1 atom stereocenters. The molecule has 5 rings (SSSR count). The van der Waals surface area contributed by atoms with Crippen LogP contribution in [0.15, 0.2) is 72.0 Å². The molecule has 0 bridgehead atoms. The lowest BCUT2D eigenvalue weighted by atomic mass is 10.0. The predicted molar refractivity (Wildman–Crippen MR) is 124 cm³/mol. The number of ether oxygens (including phenoxy) is 1. The Bertz CT molecular complexity index is 1470. The minimum atomic E-state index is -4.42. The van der Waals surface area contributed by atoms with E-state index in [2.05, 4.69) is 9.97 Å². The van der Waals surface area contributed by atoms with Crippen LogP contribution >= 0.6 is 0 Å². The lowest BCUT2D eigenvalue weighted by Gasteiger charge is -2.37. The SMILES string of the molecule is Cc1ccc(S(=O)(=O)n2ccc3c(N4CCOC[C@@H]4c4ccc(C(F)(F)F)cc4)ncnc32)cc1. The number of morpholine rings is 1. The number of anilines is 1. The van der Waals surface area contributed by atoms with Crippen LogP contribution in [0.2, 0.25) is 0 Å². The summed E-state index contributed by atoms with van der Waals surface area (Å²) < 4.78 is 72.3. The molecule has 1 saturated heterocycles. The van der Waals surface area contributed by atoms with Gasteiger partial charge in [0.15, 0.2) is 5.65 Å². The normalized spacial score (nSPS) is 17.1. The van der Waals surface area contributed by atoms with Crippen molar-refractivity contribution in [2.24, 2.45) is 0 Å². The zero-order valence-corrected chi connectivity index (χ0v) is 19.4. The highest BCUT2D eigenvalue weighted by Crippen LogP contribution is 2.35. The van der Waals surface area contributed by atoms with Gasteiger partial charge in [0.2, 0.25) is 0 Å². The first-order chi connectivity index (χ1) is 16.7. The standard InChI is InChI=1S/C24H21F3N4O3S/c1-16-2-8-19(9-3-16)35(32,33)31-11-10-20-22(28-15-29-23(20)31)30-12-13-34-14-21(30)17-4-6-18(7-5-17)24(25,26)27/h2-11,15,21H,12-14H2,1H3/t21-/m1/s1. The second kappa shape index (κ2) is 8.65. The average molecular weight is 503 g/mol. The van der Waals surface area contributed by atoms with Crippen molar-refractivity contribution in [3.8, 4) is 0 Å². The van der Waals surface area contributed by atoms with E-state index in [1.807, 2.05) is 11.8 Å². The van der Waals surface area contributed by atoms with Gasteiger partial charge in [-0.1, -0.05) is 29.8 Å². The van der Waals surface area contributed by atoms with Crippen LogP contribution in [0, 0.1) is 6.92 Å². The van der Waals surface area contributed by atoms with Gasteiger partial charge in [0.1, 0.15) is 12.1 Å². The molecule has 2 aromatic heterocycles. The van der Waals surface area contributed by atoms with Crippen LogP contribution < -0.4 is 4.90 Å². The van der Waals surface area contributed by atoms with Crippen molar-refractivity contribution in [2.45, 2.75) is 24.0 Å². The Hall–Kier alpha value is -3.44. The number of halogens is 3. The van der Waals surface area contributed by atoms with E-state index in [0.717, 1.165) is 21.7 Å². The van der Waals surface area contributed by atoms with Gasteiger partial charge in [0.25, 0.3) is 10.0 Å². The fourth-order valence-corrected chi connectivity index (χ4v) is 5.49. The topological polar surface area (TPSA) is 77.3 Å². The van der Waals surface area contributed by atoms with Gasteiger partial charge in [-0.05, 0) is 42.8 Å². The molecular formula is C24H21F3N4O3S. The zero-order chi connectivity index (χ0) is 24.8. The van der Waals surface area contributed by atoms with Crippen molar-refractivity contribution in [3.63, 3.8) is 0 Å². The average Bonchev–Trinajstić information content (AvgIpc) is 3.29. The maximum Gasteiger partial charge on any atom is 0.416 e. The highest BCUT2D eigenvalue weighted by Gasteiger charge is 2.32. The number of rotatable bonds is 4. The quantitative estimate of drug-likeness (QED) is 0.407. The van der Waals surface area contributed by atoms with Crippen molar-refractivity contribution >= 4 is 26.9 Å². The van der Waals surface area contributed by atoms with Crippen LogP contribution in [0.25, 0.3) is 11.0 Å². The van der Waals surface area contributed by atoms with E-state index in [0.29, 0.717) is 29.9 Å². The van der Waals surface area contributed by atoms with E-state index < -0.39 is 27.8 Å². The second-order valence-electron chi connectivity index (χ2n) is 8.27. The maximum absolute atomic E-state index is 13.3. The molecule has 4 aromatic rings. The van der Waals surface area contributed by atoms with Crippen LogP contribution in [0.5, 0.6) is 0 Å². The molecule has 0 saturated carbocycles. The smallest absolute Gasteiger partial charge is 0.377 e. The molecule has 1 fully saturated rings. The number of hydrogen-bond donors (Lipinski definition) is 0. The minimum Gasteiger partial charge on any atom is -0.377 e. The second-order valence-corrected chi connectivity index (χ2v) is 10.1. The number of nitrogens with zero attached hydrogens (tertiary/aromatic N) is 4. The van der Waals surface area contributed by atoms with Crippen molar-refractivity contribution in [1.82, 2.24) is 13.9 Å². The summed E-state index contributed by atoms with van der Waals surface area (Å²) in [5, 5.41) is 0.516. The van der Waals surface area contributed by atoms with E-state index in [1.165, 1.54) is 24.7 Å². The zero-order valence-electron chi connectivity index (χ0n) is 18.6. The Morgan fingerprint density at radius 1 is 1.00 bits per heavy atom. The van der Waals surface area contributed by atoms with E-state index >= 15 is 0 Å². The third kappa shape index (κ3) is 4.25. The van der Waals surface area contributed by atoms with Crippen molar-refractivity contribution < 1.29 is 26.3 Å². The highest BCUT2D eigenvalue weighted by molar-refractivity contribution is 7.90. The molecule has 1 aliphatic rings. The lowest BCUT2D eigenvalue weighted by Crippen LogP contribution is -2.40. The summed E-state index contributed by atoms with van der Waals surface area (Å²) in [7, 11) is -3.89. The number of aryl methyl sites for hydroxylation is 1. The number of fused-ring (bicyclic) bond motifs is 1. The summed E-state index contributed by atoms with van der Waals surface area (Å²) in [4.78, 5) is 10.7. The summed E-state index contributed by atoms with van der Waals surface area (Å²) in [6.07, 6.45) is -1.70. The van der Waals surface area contributed by atoms with Crippen LogP contribution in [0.4, 0.5) is 19.0 Å². The number of hydrogen-bond acceptors (Lipinski definition) is 6. The molecule has 11 heteroatoms. The van der Waals surface area contributed by atoms with Gasteiger partial charge in [-0.25, -0.2) is 22.4 Å². The molecule has 1 aliphatic heterocycles. The molecule has 7 nitrogen and oxygen atoms in total. The van der Waals surface area contributed by atoms with Gasteiger partial charge >= 0.3 is 6.18 Å². The van der Waals surface area contributed by atoms with Gasteiger partial charge in [0, 0.05) is 12.7 Å². The Labute approximate surface area is 199 Å². The molecule has 0 radical (unpaired) electrons. The summed E-state index contributed by atoms with van der Waals surface area (Å²) >= 11 is 0. The number of alkyl halides is 3. The molecular weight excluding hydrogens is 481 g/mol. The molecule has 3 heterocycles. The minimum absolute atomic E-state index is 0.134. The third-order valence-corrected chi connectivity index (χ3v) is 7.71. The number of benzene rings is 2. The van der Waals surface area contributed by atoms with Crippen molar-refractivity contribution in [1.29, 1.82) is 0 Å². The molecule has 0 unspecified atom stereocenters. The van der Waals surface area contributed by atoms with Gasteiger partial charge in [-0.3, -0.25) is 0 Å².